The van der Waals surface area contributed by atoms with Gasteiger partial charge in [0.1, 0.15) is 0 Å². The minimum absolute atomic E-state index is 0.434. The van der Waals surface area contributed by atoms with Gasteiger partial charge in [-0.2, -0.15) is 0 Å². The fourth-order valence-electron chi connectivity index (χ4n) is 3.64. The van der Waals surface area contributed by atoms with Crippen LogP contribution < -0.4 is 0 Å². The highest BCUT2D eigenvalue weighted by molar-refractivity contribution is 8.01. The van der Waals surface area contributed by atoms with Crippen LogP contribution in [0.15, 0.2) is 60.7 Å². The molecule has 3 rings (SSSR count). The van der Waals surface area contributed by atoms with Gasteiger partial charge in [-0.1, -0.05) is 60.7 Å². The van der Waals surface area contributed by atoms with Crippen LogP contribution in [0, 0.1) is 0 Å². The Bertz CT molecular complexity index is 690. The van der Waals surface area contributed by atoms with Crippen LogP contribution in [0.25, 0.3) is 0 Å². The van der Waals surface area contributed by atoms with Gasteiger partial charge in [0.05, 0.1) is 12.2 Å². The normalized spacial score (nSPS) is 20.5. The van der Waals surface area contributed by atoms with E-state index in [1.807, 2.05) is 108 Å². The third-order valence-electron chi connectivity index (χ3n) is 5.48. The Morgan fingerprint density at radius 2 is 0.882 bits per heavy atom. The van der Waals surface area contributed by atoms with Gasteiger partial charge >= 0.3 is 0 Å². The van der Waals surface area contributed by atoms with E-state index >= 15 is 0 Å². The minimum atomic E-state index is -0.434. The quantitative estimate of drug-likeness (QED) is 0.492. The molecular formula is C26H38N2O2S4. The van der Waals surface area contributed by atoms with Crippen molar-refractivity contribution in [2.75, 3.05) is 59.6 Å². The predicted molar refractivity (Wildman–Crippen MR) is 155 cm³/mol. The lowest BCUT2D eigenvalue weighted by atomic mass is 10.1. The first-order chi connectivity index (χ1) is 16.7. The summed E-state index contributed by atoms with van der Waals surface area (Å²) in [6, 6.07) is 20.0. The minimum Gasteiger partial charge on any atom is -0.387 e. The zero-order valence-electron chi connectivity index (χ0n) is 19.8. The number of hydrogen-bond donors (Lipinski definition) is 2. The lowest BCUT2D eigenvalue weighted by Gasteiger charge is -2.26. The van der Waals surface area contributed by atoms with E-state index in [9.17, 15) is 10.2 Å². The van der Waals surface area contributed by atoms with E-state index in [-0.39, 0.29) is 0 Å². The van der Waals surface area contributed by atoms with E-state index in [2.05, 4.69) is 9.80 Å². The van der Waals surface area contributed by atoms with Gasteiger partial charge in [0, 0.05) is 36.6 Å². The Hall–Kier alpha value is -0.320. The molecule has 1 aliphatic heterocycles. The van der Waals surface area contributed by atoms with E-state index in [1.54, 1.807) is 0 Å². The maximum Gasteiger partial charge on any atom is 0.0917 e. The maximum atomic E-state index is 10.7. The van der Waals surface area contributed by atoms with Crippen molar-refractivity contribution in [1.29, 1.82) is 0 Å². The summed E-state index contributed by atoms with van der Waals surface area (Å²) in [5.74, 6) is 8.40. The molecule has 0 aliphatic carbocycles. The molecule has 8 heteroatoms. The molecule has 1 aliphatic rings. The van der Waals surface area contributed by atoms with Gasteiger partial charge in [-0.3, -0.25) is 9.80 Å². The smallest absolute Gasteiger partial charge is 0.0917 e. The Labute approximate surface area is 222 Å². The van der Waals surface area contributed by atoms with Gasteiger partial charge in [-0.25, -0.2) is 0 Å². The molecule has 2 aromatic rings. The molecule has 2 unspecified atom stereocenters. The summed E-state index contributed by atoms with van der Waals surface area (Å²) in [6.07, 6.45) is 1.49. The van der Waals surface area contributed by atoms with Crippen molar-refractivity contribution in [3.8, 4) is 0 Å². The lowest BCUT2D eigenvalue weighted by Crippen LogP contribution is -2.29. The molecule has 0 saturated carbocycles. The largest absolute Gasteiger partial charge is 0.387 e. The summed E-state index contributed by atoms with van der Waals surface area (Å²) in [5.41, 5.74) is 2.00. The monoisotopic (exact) mass is 538 g/mol. The third-order valence-corrected chi connectivity index (χ3v) is 9.98. The molecule has 2 N–H and O–H groups in total. The number of benzene rings is 2. The van der Waals surface area contributed by atoms with Crippen molar-refractivity contribution < 1.29 is 10.2 Å². The molecule has 0 bridgehead atoms. The van der Waals surface area contributed by atoms with Crippen molar-refractivity contribution in [1.82, 2.24) is 9.80 Å². The number of aliphatic hydroxyl groups excluding tert-OH is 2. The Kier molecular flexibility index (Phi) is 14.3. The molecule has 2 atom stereocenters. The highest BCUT2D eigenvalue weighted by Crippen LogP contribution is 2.22. The van der Waals surface area contributed by atoms with Gasteiger partial charge in [-0.15, -0.1) is 47.0 Å². The van der Waals surface area contributed by atoms with Crippen LogP contribution >= 0.6 is 47.0 Å². The standard InChI is InChI=1S/C26H38N2O2S4/c29-25(23-9-3-1-4-10-23)17-27-19-31-13-7-15-33-21-28(22-34-16-8-14-32-20-27)18-26(30)24-11-5-2-6-12-24/h1-6,9-12,25-26,29-30H,7-8,13-22H2. The molecule has 0 amide bonds. The van der Waals surface area contributed by atoms with Gasteiger partial charge in [0.15, 0.2) is 0 Å². The van der Waals surface area contributed by atoms with Crippen molar-refractivity contribution in [3.63, 3.8) is 0 Å². The Balaban J connectivity index is 1.44. The topological polar surface area (TPSA) is 46.9 Å². The van der Waals surface area contributed by atoms with E-state index in [4.69, 9.17) is 0 Å². The molecule has 2 aromatic carbocycles. The van der Waals surface area contributed by atoms with E-state index < -0.39 is 12.2 Å². The number of thioether (sulfide) groups is 4. The second-order valence-corrected chi connectivity index (χ2v) is 12.7. The highest BCUT2D eigenvalue weighted by Gasteiger charge is 2.15. The number of hydrogen-bond acceptors (Lipinski definition) is 8. The van der Waals surface area contributed by atoms with Crippen LogP contribution in [0.5, 0.6) is 0 Å². The van der Waals surface area contributed by atoms with Crippen LogP contribution in [0.3, 0.4) is 0 Å². The Morgan fingerprint density at radius 3 is 1.21 bits per heavy atom. The van der Waals surface area contributed by atoms with Gasteiger partial charge in [-0.05, 0) is 47.0 Å². The predicted octanol–water partition coefficient (Wildman–Crippen LogP) is 5.61. The zero-order chi connectivity index (χ0) is 23.8. The Morgan fingerprint density at radius 1 is 0.559 bits per heavy atom. The molecule has 0 aromatic heterocycles. The molecule has 1 heterocycles. The lowest BCUT2D eigenvalue weighted by molar-refractivity contribution is 0.133. The number of β-amino-alcohol motifs (C(OH)–C–C–N with tert-alkyl or cyclic N) is 2. The van der Waals surface area contributed by atoms with E-state index in [0.29, 0.717) is 13.1 Å². The van der Waals surface area contributed by atoms with Crippen LogP contribution in [-0.4, -0.2) is 79.6 Å². The van der Waals surface area contributed by atoms with Gasteiger partial charge < -0.3 is 10.2 Å². The van der Waals surface area contributed by atoms with Crippen LogP contribution in [0.1, 0.15) is 36.2 Å². The molecule has 188 valence electrons. The fourth-order valence-corrected chi connectivity index (χ4v) is 7.96. The first kappa shape index (κ1) is 28.3. The SMILES string of the molecule is OC(CN1CSCCCSCN(CC(O)c2ccccc2)CSCCCSC1)c1ccccc1. The summed E-state index contributed by atoms with van der Waals surface area (Å²) in [6.45, 7) is 1.37. The summed E-state index contributed by atoms with van der Waals surface area (Å²) < 4.78 is 0. The average Bonchev–Trinajstić information content (AvgIpc) is 2.87. The fraction of sp³-hybridized carbons (Fsp3) is 0.538. The average molecular weight is 539 g/mol. The second-order valence-electron chi connectivity index (χ2n) is 8.42. The van der Waals surface area contributed by atoms with Crippen LogP contribution in [-0.2, 0) is 0 Å². The van der Waals surface area contributed by atoms with Gasteiger partial charge in [0.25, 0.3) is 0 Å². The molecule has 0 spiro atoms. The van der Waals surface area contributed by atoms with E-state index in [0.717, 1.165) is 57.6 Å². The summed E-state index contributed by atoms with van der Waals surface area (Å²) in [7, 11) is 0. The molecule has 4 nitrogen and oxygen atoms in total. The zero-order valence-corrected chi connectivity index (χ0v) is 23.1. The van der Waals surface area contributed by atoms with Crippen molar-refractivity contribution >= 4 is 47.0 Å². The first-order valence-electron chi connectivity index (χ1n) is 11.9. The number of nitrogens with zero attached hydrogens (tertiary/aromatic N) is 2. The van der Waals surface area contributed by atoms with E-state index in [1.165, 1.54) is 12.8 Å². The van der Waals surface area contributed by atoms with Crippen molar-refractivity contribution in [2.45, 2.75) is 25.0 Å². The van der Waals surface area contributed by atoms with Crippen molar-refractivity contribution in [2.24, 2.45) is 0 Å². The molecule has 1 saturated heterocycles. The van der Waals surface area contributed by atoms with Crippen LogP contribution in [0.2, 0.25) is 0 Å². The third kappa shape index (κ3) is 11.2. The first-order valence-corrected chi connectivity index (χ1v) is 16.6. The number of aliphatic hydroxyl groups is 2. The summed E-state index contributed by atoms with van der Waals surface area (Å²) in [4.78, 5) is 4.79. The maximum absolute atomic E-state index is 10.7. The highest BCUT2D eigenvalue weighted by atomic mass is 32.2. The summed E-state index contributed by atoms with van der Waals surface area (Å²) >= 11 is 7.89. The number of rotatable bonds is 6. The van der Waals surface area contributed by atoms with Crippen molar-refractivity contribution in [3.05, 3.63) is 71.8 Å². The molecular weight excluding hydrogens is 501 g/mol. The van der Waals surface area contributed by atoms with Gasteiger partial charge in [0.2, 0.25) is 0 Å². The summed E-state index contributed by atoms with van der Waals surface area (Å²) in [5, 5.41) is 21.4. The molecule has 1 fully saturated rings. The molecule has 34 heavy (non-hydrogen) atoms. The second kappa shape index (κ2) is 17.2. The van der Waals surface area contributed by atoms with Crippen LogP contribution in [0.4, 0.5) is 0 Å². The molecule has 0 radical (unpaired) electrons.